The molecule has 4 rings (SSSR count). The third kappa shape index (κ3) is 1.73. The van der Waals surface area contributed by atoms with Gasteiger partial charge in [0.05, 0.1) is 0 Å². The maximum Gasteiger partial charge on any atom is 0.245 e. The first-order chi connectivity index (χ1) is 9.70. The number of nitrogens with one attached hydrogen (secondary N) is 1. The van der Waals surface area contributed by atoms with E-state index in [1.807, 2.05) is 0 Å². The molecule has 0 aromatic rings. The molecule has 2 amide bonds. The van der Waals surface area contributed by atoms with Gasteiger partial charge in [-0.05, 0) is 49.4 Å². The van der Waals surface area contributed by atoms with Gasteiger partial charge < -0.3 is 10.2 Å². The Morgan fingerprint density at radius 1 is 1.20 bits per heavy atom. The van der Waals surface area contributed by atoms with E-state index in [9.17, 15) is 9.59 Å². The van der Waals surface area contributed by atoms with Crippen molar-refractivity contribution in [1.29, 1.82) is 0 Å². The zero-order valence-electron chi connectivity index (χ0n) is 12.2. The van der Waals surface area contributed by atoms with Crippen LogP contribution >= 0.6 is 0 Å². The highest BCUT2D eigenvalue weighted by molar-refractivity contribution is 5.90. The van der Waals surface area contributed by atoms with E-state index in [1.54, 1.807) is 0 Å². The van der Waals surface area contributed by atoms with Crippen molar-refractivity contribution in [3.63, 3.8) is 0 Å². The summed E-state index contributed by atoms with van der Waals surface area (Å²) in [6.45, 7) is 2.71. The molecule has 20 heavy (non-hydrogen) atoms. The first kappa shape index (κ1) is 12.7. The lowest BCUT2D eigenvalue weighted by atomic mass is 10.0. The van der Waals surface area contributed by atoms with Gasteiger partial charge >= 0.3 is 0 Å². The first-order valence-electron chi connectivity index (χ1n) is 8.30. The summed E-state index contributed by atoms with van der Waals surface area (Å²) in [5.74, 6) is 3.53. The van der Waals surface area contributed by atoms with Crippen molar-refractivity contribution < 1.29 is 9.59 Å². The lowest BCUT2D eigenvalue weighted by molar-refractivity contribution is -0.134. The number of hydrogen-bond donors (Lipinski definition) is 1. The van der Waals surface area contributed by atoms with Crippen molar-refractivity contribution in [2.45, 2.75) is 57.5 Å². The Morgan fingerprint density at radius 2 is 1.90 bits per heavy atom. The van der Waals surface area contributed by atoms with E-state index < -0.39 is 0 Å². The minimum Gasteiger partial charge on any atom is -0.344 e. The normalized spacial score (nSPS) is 46.1. The maximum absolute atomic E-state index is 12.7. The van der Waals surface area contributed by atoms with E-state index >= 15 is 0 Å². The maximum atomic E-state index is 12.7. The summed E-state index contributed by atoms with van der Waals surface area (Å²) >= 11 is 0. The third-order valence-corrected chi connectivity index (χ3v) is 6.13. The van der Waals surface area contributed by atoms with Crippen LogP contribution in [0, 0.1) is 23.7 Å². The summed E-state index contributed by atoms with van der Waals surface area (Å²) in [6.07, 6.45) is 6.35. The Hall–Kier alpha value is -1.06. The predicted octanol–water partition coefficient (Wildman–Crippen LogP) is 1.55. The molecule has 4 nitrogen and oxygen atoms in total. The Balaban J connectivity index is 1.52. The molecule has 3 saturated carbocycles. The molecule has 1 saturated heterocycles. The number of amides is 2. The smallest absolute Gasteiger partial charge is 0.245 e. The van der Waals surface area contributed by atoms with Crippen molar-refractivity contribution in [2.24, 2.45) is 23.7 Å². The highest BCUT2D eigenvalue weighted by Crippen LogP contribution is 2.67. The zero-order valence-corrected chi connectivity index (χ0v) is 12.2. The van der Waals surface area contributed by atoms with Crippen molar-refractivity contribution in [1.82, 2.24) is 10.2 Å². The highest BCUT2D eigenvalue weighted by Gasteiger charge is 2.67. The fraction of sp³-hybridized carbons (Fsp3) is 0.875. The standard InChI is InChI=1S/C16H24N2O2/c1-2-3-11-16(20)18(7-6-12(19)17-11)15-13-9-4-5-10(8-9)14(13)15/h9-11,13-15H,2-8H2,1H3,(H,17,19). The third-order valence-electron chi connectivity index (χ3n) is 6.13. The molecule has 4 fully saturated rings. The molecule has 2 bridgehead atoms. The van der Waals surface area contributed by atoms with Crippen LogP contribution in [0.25, 0.3) is 0 Å². The zero-order chi connectivity index (χ0) is 13.9. The Kier molecular flexibility index (Phi) is 2.83. The van der Waals surface area contributed by atoms with E-state index in [2.05, 4.69) is 17.1 Å². The molecule has 0 aromatic heterocycles. The fourth-order valence-electron chi connectivity index (χ4n) is 5.34. The molecule has 1 N–H and O–H groups in total. The molecule has 0 radical (unpaired) electrons. The second-order valence-electron chi connectivity index (χ2n) is 7.17. The monoisotopic (exact) mass is 276 g/mol. The molecule has 0 aromatic carbocycles. The van der Waals surface area contributed by atoms with Gasteiger partial charge in [0.1, 0.15) is 6.04 Å². The summed E-state index contributed by atoms with van der Waals surface area (Å²) in [5.41, 5.74) is 0. The summed E-state index contributed by atoms with van der Waals surface area (Å²) < 4.78 is 0. The van der Waals surface area contributed by atoms with Crippen LogP contribution in [0.2, 0.25) is 0 Å². The Bertz CT molecular complexity index is 434. The lowest BCUT2D eigenvalue weighted by Gasteiger charge is -2.26. The van der Waals surface area contributed by atoms with Crippen LogP contribution in [0.3, 0.4) is 0 Å². The molecule has 110 valence electrons. The van der Waals surface area contributed by atoms with Crippen molar-refractivity contribution in [3.8, 4) is 0 Å². The van der Waals surface area contributed by atoms with Gasteiger partial charge in [-0.1, -0.05) is 13.3 Å². The van der Waals surface area contributed by atoms with Gasteiger partial charge in [0.2, 0.25) is 11.8 Å². The number of carbonyl (C=O) groups excluding carboxylic acids is 2. The molecule has 3 aliphatic carbocycles. The molecule has 5 unspecified atom stereocenters. The number of fused-ring (bicyclic) bond motifs is 5. The SMILES string of the molecule is CCCC1NC(=O)CCN(C2C3C4CCC(C4)C32)C1=O. The summed E-state index contributed by atoms with van der Waals surface area (Å²) in [7, 11) is 0. The molecule has 4 aliphatic rings. The molecule has 1 heterocycles. The quantitative estimate of drug-likeness (QED) is 0.850. The molecule has 5 atom stereocenters. The summed E-state index contributed by atoms with van der Waals surface area (Å²) in [5, 5.41) is 2.92. The van der Waals surface area contributed by atoms with Crippen molar-refractivity contribution in [2.75, 3.05) is 6.54 Å². The average molecular weight is 276 g/mol. The lowest BCUT2D eigenvalue weighted by Crippen LogP contribution is -2.46. The minimum absolute atomic E-state index is 0.0491. The van der Waals surface area contributed by atoms with Gasteiger partial charge in [-0.2, -0.15) is 0 Å². The van der Waals surface area contributed by atoms with Gasteiger partial charge in [-0.15, -0.1) is 0 Å². The van der Waals surface area contributed by atoms with Gasteiger partial charge in [-0.25, -0.2) is 0 Å². The summed E-state index contributed by atoms with van der Waals surface area (Å²) in [6, 6.07) is 0.204. The van der Waals surface area contributed by atoms with Crippen LogP contribution in [0.4, 0.5) is 0 Å². The van der Waals surface area contributed by atoms with E-state index in [0.29, 0.717) is 19.0 Å². The predicted molar refractivity (Wildman–Crippen MR) is 74.8 cm³/mol. The van der Waals surface area contributed by atoms with E-state index in [0.717, 1.165) is 36.5 Å². The van der Waals surface area contributed by atoms with Crippen molar-refractivity contribution in [3.05, 3.63) is 0 Å². The van der Waals surface area contributed by atoms with E-state index in [1.165, 1.54) is 19.3 Å². The minimum atomic E-state index is -0.269. The molecule has 1 aliphatic heterocycles. The Morgan fingerprint density at radius 3 is 2.55 bits per heavy atom. The number of rotatable bonds is 3. The number of carbonyl (C=O) groups is 2. The fourth-order valence-corrected chi connectivity index (χ4v) is 5.34. The largest absolute Gasteiger partial charge is 0.344 e. The van der Waals surface area contributed by atoms with Gasteiger partial charge in [0, 0.05) is 19.0 Å². The van der Waals surface area contributed by atoms with Gasteiger partial charge in [-0.3, -0.25) is 9.59 Å². The van der Waals surface area contributed by atoms with Crippen LogP contribution in [0.5, 0.6) is 0 Å². The second kappa shape index (κ2) is 4.47. The van der Waals surface area contributed by atoms with Gasteiger partial charge in [0.15, 0.2) is 0 Å². The average Bonchev–Trinajstić information content (AvgIpc) is 2.89. The first-order valence-corrected chi connectivity index (χ1v) is 8.30. The van der Waals surface area contributed by atoms with E-state index in [-0.39, 0.29) is 17.9 Å². The number of hydrogen-bond acceptors (Lipinski definition) is 2. The highest BCUT2D eigenvalue weighted by atomic mass is 16.2. The molecule has 0 spiro atoms. The van der Waals surface area contributed by atoms with E-state index in [4.69, 9.17) is 0 Å². The molecular weight excluding hydrogens is 252 g/mol. The second-order valence-corrected chi connectivity index (χ2v) is 7.17. The summed E-state index contributed by atoms with van der Waals surface area (Å²) in [4.78, 5) is 26.6. The van der Waals surface area contributed by atoms with Crippen LogP contribution in [0.1, 0.15) is 45.4 Å². The van der Waals surface area contributed by atoms with Crippen molar-refractivity contribution >= 4 is 11.8 Å². The Labute approximate surface area is 120 Å². The van der Waals surface area contributed by atoms with Crippen LogP contribution in [0.15, 0.2) is 0 Å². The molecule has 4 heteroatoms. The topological polar surface area (TPSA) is 49.4 Å². The van der Waals surface area contributed by atoms with Crippen LogP contribution in [-0.2, 0) is 9.59 Å². The molecular formula is C16H24N2O2. The number of nitrogens with zero attached hydrogens (tertiary/aromatic N) is 1. The van der Waals surface area contributed by atoms with Crippen LogP contribution < -0.4 is 5.32 Å². The van der Waals surface area contributed by atoms with Gasteiger partial charge in [0.25, 0.3) is 0 Å². The van der Waals surface area contributed by atoms with Crippen LogP contribution in [-0.4, -0.2) is 35.3 Å².